The molecule has 1 aromatic rings. The highest BCUT2D eigenvalue weighted by Crippen LogP contribution is 2.27. The van der Waals surface area contributed by atoms with Gasteiger partial charge in [0.05, 0.1) is 6.54 Å². The second kappa shape index (κ2) is 8.76. The zero-order valence-corrected chi connectivity index (χ0v) is 13.9. The standard InChI is InChI=1S/C16H23N3O2.ClH/c1-19(2)16(21)14-7-5-13(6-8-14)10-18-15(20)11-17-9-12-3-4-12;/h5-8,12,17H,3-4,9-11H2,1-2H3,(H,18,20);1H. The molecule has 0 bridgehead atoms. The highest BCUT2D eigenvalue weighted by atomic mass is 35.5. The predicted molar refractivity (Wildman–Crippen MR) is 89.1 cm³/mol. The summed E-state index contributed by atoms with van der Waals surface area (Å²) in [4.78, 5) is 24.9. The van der Waals surface area contributed by atoms with Crippen LogP contribution in [0.1, 0.15) is 28.8 Å². The minimum Gasteiger partial charge on any atom is -0.351 e. The maximum absolute atomic E-state index is 11.7. The highest BCUT2D eigenvalue weighted by molar-refractivity contribution is 5.93. The lowest BCUT2D eigenvalue weighted by Crippen LogP contribution is -2.34. The topological polar surface area (TPSA) is 61.4 Å². The molecule has 5 nitrogen and oxygen atoms in total. The molecule has 122 valence electrons. The molecule has 2 rings (SSSR count). The number of hydrogen-bond donors (Lipinski definition) is 2. The van der Waals surface area contributed by atoms with Crippen molar-refractivity contribution in [3.8, 4) is 0 Å². The first kappa shape index (κ1) is 18.5. The Kier molecular flexibility index (Phi) is 7.35. The van der Waals surface area contributed by atoms with E-state index in [0.29, 0.717) is 18.7 Å². The average molecular weight is 326 g/mol. The van der Waals surface area contributed by atoms with E-state index in [9.17, 15) is 9.59 Å². The van der Waals surface area contributed by atoms with Gasteiger partial charge in [-0.3, -0.25) is 9.59 Å². The lowest BCUT2D eigenvalue weighted by Gasteiger charge is -2.11. The van der Waals surface area contributed by atoms with Gasteiger partial charge in [0.15, 0.2) is 0 Å². The van der Waals surface area contributed by atoms with E-state index in [-0.39, 0.29) is 24.2 Å². The van der Waals surface area contributed by atoms with Crippen molar-refractivity contribution in [1.82, 2.24) is 15.5 Å². The van der Waals surface area contributed by atoms with Crippen LogP contribution in [0.5, 0.6) is 0 Å². The van der Waals surface area contributed by atoms with Gasteiger partial charge in [-0.25, -0.2) is 0 Å². The monoisotopic (exact) mass is 325 g/mol. The van der Waals surface area contributed by atoms with Gasteiger partial charge < -0.3 is 15.5 Å². The van der Waals surface area contributed by atoms with Crippen LogP contribution in [0.15, 0.2) is 24.3 Å². The Morgan fingerprint density at radius 1 is 1.18 bits per heavy atom. The van der Waals surface area contributed by atoms with Crippen LogP contribution in [0, 0.1) is 5.92 Å². The summed E-state index contributed by atoms with van der Waals surface area (Å²) in [7, 11) is 3.45. The molecule has 1 aliphatic carbocycles. The van der Waals surface area contributed by atoms with Crippen LogP contribution in [0.4, 0.5) is 0 Å². The van der Waals surface area contributed by atoms with E-state index in [1.807, 2.05) is 12.1 Å². The summed E-state index contributed by atoms with van der Waals surface area (Å²) < 4.78 is 0. The SMILES string of the molecule is CN(C)C(=O)c1ccc(CNC(=O)CNCC2CC2)cc1.Cl. The second-order valence-corrected chi connectivity index (χ2v) is 5.75. The van der Waals surface area contributed by atoms with Gasteiger partial charge in [0.25, 0.3) is 5.91 Å². The molecule has 0 spiro atoms. The van der Waals surface area contributed by atoms with Crippen LogP contribution >= 0.6 is 12.4 Å². The highest BCUT2D eigenvalue weighted by Gasteiger charge is 2.20. The summed E-state index contributed by atoms with van der Waals surface area (Å²) in [5.74, 6) is 0.763. The predicted octanol–water partition coefficient (Wildman–Crippen LogP) is 1.43. The molecule has 1 fully saturated rings. The number of rotatable bonds is 7. The average Bonchev–Trinajstić information content (AvgIpc) is 3.29. The quantitative estimate of drug-likeness (QED) is 0.797. The molecular weight excluding hydrogens is 302 g/mol. The Hall–Kier alpha value is -1.59. The molecule has 0 atom stereocenters. The van der Waals surface area contributed by atoms with E-state index in [1.165, 1.54) is 12.8 Å². The molecule has 1 aliphatic rings. The van der Waals surface area contributed by atoms with Gasteiger partial charge in [0, 0.05) is 26.2 Å². The molecule has 1 aromatic carbocycles. The van der Waals surface area contributed by atoms with Crippen LogP contribution in [-0.2, 0) is 11.3 Å². The number of nitrogens with one attached hydrogen (secondary N) is 2. The van der Waals surface area contributed by atoms with Crippen molar-refractivity contribution in [3.05, 3.63) is 35.4 Å². The molecule has 2 N–H and O–H groups in total. The van der Waals surface area contributed by atoms with Crippen LogP contribution < -0.4 is 10.6 Å². The Morgan fingerprint density at radius 3 is 2.36 bits per heavy atom. The summed E-state index contributed by atoms with van der Waals surface area (Å²) in [6, 6.07) is 7.31. The van der Waals surface area contributed by atoms with E-state index in [4.69, 9.17) is 0 Å². The molecule has 22 heavy (non-hydrogen) atoms. The van der Waals surface area contributed by atoms with Gasteiger partial charge in [-0.05, 0) is 43.0 Å². The van der Waals surface area contributed by atoms with Crippen LogP contribution in [0.2, 0.25) is 0 Å². The Morgan fingerprint density at radius 2 is 1.82 bits per heavy atom. The van der Waals surface area contributed by atoms with Crippen molar-refractivity contribution < 1.29 is 9.59 Å². The van der Waals surface area contributed by atoms with Crippen molar-refractivity contribution in [1.29, 1.82) is 0 Å². The number of nitrogens with zero attached hydrogens (tertiary/aromatic N) is 1. The molecule has 0 aromatic heterocycles. The van der Waals surface area contributed by atoms with Gasteiger partial charge >= 0.3 is 0 Å². The summed E-state index contributed by atoms with van der Waals surface area (Å²) in [5.41, 5.74) is 1.64. The first-order chi connectivity index (χ1) is 10.1. The zero-order chi connectivity index (χ0) is 15.2. The second-order valence-electron chi connectivity index (χ2n) is 5.75. The largest absolute Gasteiger partial charge is 0.351 e. The van der Waals surface area contributed by atoms with Crippen molar-refractivity contribution in [2.75, 3.05) is 27.2 Å². The van der Waals surface area contributed by atoms with E-state index in [1.54, 1.807) is 31.1 Å². The Bertz CT molecular complexity index is 499. The summed E-state index contributed by atoms with van der Waals surface area (Å²) in [5, 5.41) is 6.03. The normalized spacial score (nSPS) is 13.2. The third-order valence-electron chi connectivity index (χ3n) is 3.51. The molecule has 0 saturated heterocycles. The fourth-order valence-corrected chi connectivity index (χ4v) is 2.00. The minimum absolute atomic E-state index is 0. The number of hydrogen-bond acceptors (Lipinski definition) is 3. The Balaban J connectivity index is 0.00000242. The van der Waals surface area contributed by atoms with Gasteiger partial charge in [-0.2, -0.15) is 0 Å². The molecule has 6 heteroatoms. The smallest absolute Gasteiger partial charge is 0.253 e. The fourth-order valence-electron chi connectivity index (χ4n) is 2.00. The third kappa shape index (κ3) is 6.03. The first-order valence-corrected chi connectivity index (χ1v) is 7.34. The first-order valence-electron chi connectivity index (χ1n) is 7.34. The van der Waals surface area contributed by atoms with Gasteiger partial charge in [-0.15, -0.1) is 12.4 Å². The molecule has 2 amide bonds. The number of carbonyl (C=O) groups excluding carboxylic acids is 2. The van der Waals surface area contributed by atoms with E-state index in [2.05, 4.69) is 10.6 Å². The maximum Gasteiger partial charge on any atom is 0.253 e. The molecule has 1 saturated carbocycles. The molecule has 0 heterocycles. The summed E-state index contributed by atoms with van der Waals surface area (Å²) in [6.07, 6.45) is 2.57. The third-order valence-corrected chi connectivity index (χ3v) is 3.51. The van der Waals surface area contributed by atoms with Crippen LogP contribution in [0.3, 0.4) is 0 Å². The van der Waals surface area contributed by atoms with Crippen molar-refractivity contribution in [3.63, 3.8) is 0 Å². The van der Waals surface area contributed by atoms with Gasteiger partial charge in [-0.1, -0.05) is 12.1 Å². The van der Waals surface area contributed by atoms with Crippen molar-refractivity contribution in [2.45, 2.75) is 19.4 Å². The molecular formula is C16H24ClN3O2. The minimum atomic E-state index is -0.0186. The van der Waals surface area contributed by atoms with Crippen molar-refractivity contribution in [2.24, 2.45) is 5.92 Å². The lowest BCUT2D eigenvalue weighted by atomic mass is 10.1. The molecule has 0 aliphatic heterocycles. The molecule has 0 unspecified atom stereocenters. The van der Waals surface area contributed by atoms with Crippen molar-refractivity contribution >= 4 is 24.2 Å². The van der Waals surface area contributed by atoms with Gasteiger partial charge in [0.1, 0.15) is 0 Å². The van der Waals surface area contributed by atoms with Crippen LogP contribution in [0.25, 0.3) is 0 Å². The molecule has 0 radical (unpaired) electrons. The van der Waals surface area contributed by atoms with E-state index >= 15 is 0 Å². The number of amides is 2. The van der Waals surface area contributed by atoms with Crippen LogP contribution in [-0.4, -0.2) is 43.9 Å². The lowest BCUT2D eigenvalue weighted by molar-refractivity contribution is -0.120. The number of halogens is 1. The summed E-state index contributed by atoms with van der Waals surface area (Å²) >= 11 is 0. The number of carbonyl (C=O) groups is 2. The summed E-state index contributed by atoms with van der Waals surface area (Å²) in [6.45, 7) is 1.79. The van der Waals surface area contributed by atoms with E-state index in [0.717, 1.165) is 18.0 Å². The van der Waals surface area contributed by atoms with Gasteiger partial charge in [0.2, 0.25) is 5.91 Å². The maximum atomic E-state index is 11.7. The number of benzene rings is 1. The zero-order valence-electron chi connectivity index (χ0n) is 13.1. The van der Waals surface area contributed by atoms with E-state index < -0.39 is 0 Å². The Labute approximate surface area is 137 Å². The fraction of sp³-hybridized carbons (Fsp3) is 0.500.